The van der Waals surface area contributed by atoms with Crippen molar-refractivity contribution in [2.24, 2.45) is 5.92 Å². The van der Waals surface area contributed by atoms with E-state index in [4.69, 9.17) is 9.63 Å². The molecule has 0 fully saturated rings. The topological polar surface area (TPSA) is 92.4 Å². The second-order valence-electron chi connectivity index (χ2n) is 4.09. The number of carbonyl (C=O) groups excluding carboxylic acids is 1. The highest BCUT2D eigenvalue weighted by Crippen LogP contribution is 2.07. The van der Waals surface area contributed by atoms with E-state index < -0.39 is 5.97 Å². The molecule has 0 aliphatic rings. The number of aromatic nitrogens is 1. The molecule has 1 aromatic heterocycles. The molecule has 0 saturated heterocycles. The van der Waals surface area contributed by atoms with Crippen molar-refractivity contribution >= 4 is 11.9 Å². The molecule has 1 unspecified atom stereocenters. The zero-order valence-electron chi connectivity index (χ0n) is 9.90. The number of carbonyl (C=O) groups is 2. The van der Waals surface area contributed by atoms with Crippen LogP contribution in [0.1, 0.15) is 35.9 Å². The minimum atomic E-state index is -0.825. The number of nitrogens with zero attached hydrogens (tertiary/aromatic N) is 1. The first-order valence-electron chi connectivity index (χ1n) is 5.42. The van der Waals surface area contributed by atoms with Crippen LogP contribution in [-0.4, -0.2) is 28.7 Å². The van der Waals surface area contributed by atoms with Crippen LogP contribution in [-0.2, 0) is 4.79 Å². The molecule has 0 aliphatic carbocycles. The summed E-state index contributed by atoms with van der Waals surface area (Å²) in [5.74, 6) is -0.829. The van der Waals surface area contributed by atoms with Crippen molar-refractivity contribution in [1.82, 2.24) is 10.5 Å². The maximum atomic E-state index is 11.6. The second kappa shape index (κ2) is 6.03. The molecular formula is C11H16N2O4. The number of hydrogen-bond donors (Lipinski definition) is 2. The number of aryl methyl sites for hydroxylation is 1. The van der Waals surface area contributed by atoms with Gasteiger partial charge in [-0.3, -0.25) is 9.59 Å². The first-order valence-corrected chi connectivity index (χ1v) is 5.42. The molecule has 2 N–H and O–H groups in total. The monoisotopic (exact) mass is 240 g/mol. The number of amides is 1. The maximum absolute atomic E-state index is 11.6. The van der Waals surface area contributed by atoms with Gasteiger partial charge in [0.15, 0.2) is 0 Å². The molecule has 6 nitrogen and oxygen atoms in total. The Morgan fingerprint density at radius 1 is 1.59 bits per heavy atom. The highest BCUT2D eigenvalue weighted by molar-refractivity contribution is 5.92. The molecule has 17 heavy (non-hydrogen) atoms. The van der Waals surface area contributed by atoms with E-state index in [2.05, 4.69) is 10.5 Å². The number of hydrogen-bond acceptors (Lipinski definition) is 4. The van der Waals surface area contributed by atoms with Gasteiger partial charge in [-0.2, -0.15) is 0 Å². The molecule has 6 heteroatoms. The average Bonchev–Trinajstić information content (AvgIpc) is 2.69. The number of carboxylic acid groups (broad SMARTS) is 1. The molecule has 0 bridgehead atoms. The number of carboxylic acids is 1. The average molecular weight is 240 g/mol. The zero-order chi connectivity index (χ0) is 12.8. The first kappa shape index (κ1) is 13.2. The third-order valence-electron chi connectivity index (χ3n) is 2.42. The quantitative estimate of drug-likeness (QED) is 0.779. The van der Waals surface area contributed by atoms with Crippen LogP contribution < -0.4 is 5.32 Å². The standard InChI is InChI=1S/C11H16N2O4/c1-7(3-4-9(14)15)5-12-11(16)10-8(2)6-13-17-10/h6-7H,3-5H2,1-2H3,(H,12,16)(H,14,15). The summed E-state index contributed by atoms with van der Waals surface area (Å²) in [6.45, 7) is 4.04. The Hall–Kier alpha value is -1.85. The Balaban J connectivity index is 2.33. The predicted molar refractivity (Wildman–Crippen MR) is 59.6 cm³/mol. The molecule has 0 aromatic carbocycles. The van der Waals surface area contributed by atoms with Crippen molar-refractivity contribution in [3.63, 3.8) is 0 Å². The third kappa shape index (κ3) is 4.26. The van der Waals surface area contributed by atoms with E-state index in [-0.39, 0.29) is 24.0 Å². The van der Waals surface area contributed by atoms with Crippen molar-refractivity contribution in [3.05, 3.63) is 17.5 Å². The van der Waals surface area contributed by atoms with Crippen LogP contribution in [0.5, 0.6) is 0 Å². The second-order valence-corrected chi connectivity index (χ2v) is 4.09. The third-order valence-corrected chi connectivity index (χ3v) is 2.42. The molecule has 0 aliphatic heterocycles. The van der Waals surface area contributed by atoms with Gasteiger partial charge >= 0.3 is 5.97 Å². The summed E-state index contributed by atoms with van der Waals surface area (Å²) in [6.07, 6.45) is 2.12. The van der Waals surface area contributed by atoms with Crippen molar-refractivity contribution in [2.75, 3.05) is 6.54 Å². The Kier molecular flexibility index (Phi) is 4.68. The van der Waals surface area contributed by atoms with Crippen molar-refractivity contribution in [2.45, 2.75) is 26.7 Å². The number of nitrogens with one attached hydrogen (secondary N) is 1. The van der Waals surface area contributed by atoms with Gasteiger partial charge in [-0.05, 0) is 19.3 Å². The van der Waals surface area contributed by atoms with Gasteiger partial charge < -0.3 is 14.9 Å². The molecular weight excluding hydrogens is 224 g/mol. The van der Waals surface area contributed by atoms with E-state index in [1.54, 1.807) is 6.92 Å². The number of rotatable bonds is 6. The molecule has 1 aromatic rings. The lowest BCUT2D eigenvalue weighted by Gasteiger charge is -2.10. The van der Waals surface area contributed by atoms with Crippen LogP contribution in [0.15, 0.2) is 10.7 Å². The van der Waals surface area contributed by atoms with Crippen molar-refractivity contribution in [1.29, 1.82) is 0 Å². The van der Waals surface area contributed by atoms with Gasteiger partial charge in [-0.25, -0.2) is 0 Å². The largest absolute Gasteiger partial charge is 0.481 e. The summed E-state index contributed by atoms with van der Waals surface area (Å²) in [6, 6.07) is 0. The summed E-state index contributed by atoms with van der Waals surface area (Å²) in [7, 11) is 0. The molecule has 0 spiro atoms. The fourth-order valence-electron chi connectivity index (χ4n) is 1.33. The lowest BCUT2D eigenvalue weighted by atomic mass is 10.1. The molecule has 1 amide bonds. The summed E-state index contributed by atoms with van der Waals surface area (Å²) in [5.41, 5.74) is 0.681. The van der Waals surface area contributed by atoms with E-state index in [0.29, 0.717) is 18.5 Å². The highest BCUT2D eigenvalue weighted by atomic mass is 16.5. The van der Waals surface area contributed by atoms with Gasteiger partial charge in [0.2, 0.25) is 5.76 Å². The summed E-state index contributed by atoms with van der Waals surface area (Å²) in [5, 5.41) is 14.7. The number of aliphatic carboxylic acids is 1. The predicted octanol–water partition coefficient (Wildman–Crippen LogP) is 1.21. The Morgan fingerprint density at radius 2 is 2.29 bits per heavy atom. The SMILES string of the molecule is Cc1cnoc1C(=O)NCC(C)CCC(=O)O. The van der Waals surface area contributed by atoms with Crippen molar-refractivity contribution < 1.29 is 19.2 Å². The lowest BCUT2D eigenvalue weighted by molar-refractivity contribution is -0.137. The maximum Gasteiger partial charge on any atom is 0.303 e. The summed E-state index contributed by atoms with van der Waals surface area (Å²) >= 11 is 0. The molecule has 0 radical (unpaired) electrons. The van der Waals surface area contributed by atoms with E-state index in [9.17, 15) is 9.59 Å². The molecule has 1 atom stereocenters. The summed E-state index contributed by atoms with van der Waals surface area (Å²) < 4.78 is 4.80. The van der Waals surface area contributed by atoms with Gasteiger partial charge in [0.05, 0.1) is 6.20 Å². The van der Waals surface area contributed by atoms with E-state index in [0.717, 1.165) is 0 Å². The van der Waals surface area contributed by atoms with Crippen LogP contribution in [0.3, 0.4) is 0 Å². The Morgan fingerprint density at radius 3 is 2.82 bits per heavy atom. The van der Waals surface area contributed by atoms with Gasteiger partial charge in [-0.1, -0.05) is 12.1 Å². The minimum Gasteiger partial charge on any atom is -0.481 e. The fourth-order valence-corrected chi connectivity index (χ4v) is 1.33. The van der Waals surface area contributed by atoms with Crippen LogP contribution in [0, 0.1) is 12.8 Å². The Labute approximate surface area is 99.0 Å². The minimum absolute atomic E-state index is 0.109. The fraction of sp³-hybridized carbons (Fsp3) is 0.545. The van der Waals surface area contributed by atoms with E-state index >= 15 is 0 Å². The van der Waals surface area contributed by atoms with Crippen molar-refractivity contribution in [3.8, 4) is 0 Å². The van der Waals surface area contributed by atoms with Crippen LogP contribution in [0.25, 0.3) is 0 Å². The molecule has 0 saturated carbocycles. The van der Waals surface area contributed by atoms with Crippen LogP contribution >= 0.6 is 0 Å². The van der Waals surface area contributed by atoms with E-state index in [1.807, 2.05) is 6.92 Å². The normalized spacial score (nSPS) is 12.1. The van der Waals surface area contributed by atoms with Crippen LogP contribution in [0.4, 0.5) is 0 Å². The van der Waals surface area contributed by atoms with Gasteiger partial charge in [0.25, 0.3) is 5.91 Å². The molecule has 94 valence electrons. The van der Waals surface area contributed by atoms with Gasteiger partial charge in [-0.15, -0.1) is 0 Å². The van der Waals surface area contributed by atoms with Gasteiger partial charge in [0, 0.05) is 18.5 Å². The molecule has 1 rings (SSSR count). The first-order chi connectivity index (χ1) is 8.00. The van der Waals surface area contributed by atoms with Gasteiger partial charge in [0.1, 0.15) is 0 Å². The molecule has 1 heterocycles. The Bertz CT molecular complexity index is 400. The lowest BCUT2D eigenvalue weighted by Crippen LogP contribution is -2.28. The van der Waals surface area contributed by atoms with Crippen LogP contribution in [0.2, 0.25) is 0 Å². The zero-order valence-corrected chi connectivity index (χ0v) is 9.90. The highest BCUT2D eigenvalue weighted by Gasteiger charge is 2.14. The summed E-state index contributed by atoms with van der Waals surface area (Å²) in [4.78, 5) is 22.0. The smallest absolute Gasteiger partial charge is 0.303 e. The van der Waals surface area contributed by atoms with E-state index in [1.165, 1.54) is 6.20 Å².